The number of para-hydroxylation sites is 1. The minimum atomic E-state index is -0.722. The molecule has 3 aliphatic heterocycles. The monoisotopic (exact) mass is 937 g/mol. The number of hydrogen-bond acceptors (Lipinski definition) is 8. The first-order valence-electron chi connectivity index (χ1n) is 19.7. The average Bonchev–Trinajstić information content (AvgIpc) is 3.95. The molecular weight excluding hydrogens is 902 g/mol. The normalized spacial score (nSPS) is 17.4. The highest BCUT2D eigenvalue weighted by Gasteiger charge is 2.36. The molecular formula is C47H38Cl5F2N3O5. The molecule has 2 N–H and O–H groups in total. The molecule has 62 heavy (non-hydrogen) atoms. The molecule has 0 aromatic heterocycles. The van der Waals surface area contributed by atoms with E-state index in [2.05, 4.69) is 0 Å². The first kappa shape index (κ1) is 42.8. The lowest BCUT2D eigenvalue weighted by Gasteiger charge is -2.35. The Bertz CT molecular complexity index is 2730. The molecule has 0 amide bonds. The van der Waals surface area contributed by atoms with E-state index in [1.165, 1.54) is 12.1 Å². The maximum Gasteiger partial charge on any atom is 0.168 e. The van der Waals surface area contributed by atoms with E-state index in [1.54, 1.807) is 43.6 Å². The average molecular weight is 940 g/mol. The summed E-state index contributed by atoms with van der Waals surface area (Å²) in [4.78, 5) is 0. The van der Waals surface area contributed by atoms with Crippen molar-refractivity contribution in [1.29, 1.82) is 0 Å². The van der Waals surface area contributed by atoms with Crippen molar-refractivity contribution in [2.75, 3.05) is 33.9 Å². The number of benzene rings is 6. The lowest BCUT2D eigenvalue weighted by atomic mass is 9.99. The number of methoxy groups -OCH3 is 2. The molecule has 3 atom stereocenters. The number of rotatable bonds is 12. The van der Waals surface area contributed by atoms with Gasteiger partial charge in [-0.05, 0) is 83.4 Å². The van der Waals surface area contributed by atoms with Crippen LogP contribution >= 0.6 is 58.0 Å². The van der Waals surface area contributed by atoms with Gasteiger partial charge in [0.15, 0.2) is 11.5 Å². The predicted octanol–water partition coefficient (Wildman–Crippen LogP) is 12.0. The van der Waals surface area contributed by atoms with Gasteiger partial charge in [-0.25, -0.2) is 13.8 Å². The van der Waals surface area contributed by atoms with Gasteiger partial charge in [0, 0.05) is 78.8 Å². The summed E-state index contributed by atoms with van der Waals surface area (Å²) in [6.07, 6.45) is 0.345. The maximum absolute atomic E-state index is 15.1. The zero-order chi connectivity index (χ0) is 43.4. The van der Waals surface area contributed by atoms with Crippen LogP contribution in [0.2, 0.25) is 25.1 Å². The van der Waals surface area contributed by atoms with E-state index < -0.39 is 17.7 Å². The summed E-state index contributed by atoms with van der Waals surface area (Å²) < 4.78 is 60.4. The van der Waals surface area contributed by atoms with Crippen LogP contribution in [-0.4, -0.2) is 62.3 Å². The minimum Gasteiger partial charge on any atom is -0.493 e. The third-order valence-corrected chi connectivity index (χ3v) is 12.5. The molecule has 0 bridgehead atoms. The molecule has 0 saturated heterocycles. The molecule has 3 aliphatic rings. The molecule has 0 saturated carbocycles. The van der Waals surface area contributed by atoms with Crippen LogP contribution in [0.1, 0.15) is 16.7 Å². The van der Waals surface area contributed by atoms with Gasteiger partial charge in [-0.3, -0.25) is 5.84 Å². The molecule has 9 rings (SSSR count). The van der Waals surface area contributed by atoms with Crippen LogP contribution in [-0.2, 0) is 19.3 Å². The van der Waals surface area contributed by atoms with E-state index in [-0.39, 0.29) is 24.3 Å². The summed E-state index contributed by atoms with van der Waals surface area (Å²) in [6, 6.07) is 25.3. The minimum absolute atomic E-state index is 0.179. The highest BCUT2D eigenvalue weighted by Crippen LogP contribution is 2.48. The highest BCUT2D eigenvalue weighted by atomic mass is 35.5. The number of hydrazine groups is 2. The van der Waals surface area contributed by atoms with Crippen molar-refractivity contribution in [3.63, 3.8) is 0 Å². The molecule has 0 spiro atoms. The molecule has 8 nitrogen and oxygen atoms in total. The molecule has 3 unspecified atom stereocenters. The van der Waals surface area contributed by atoms with E-state index in [9.17, 15) is 4.39 Å². The van der Waals surface area contributed by atoms with E-state index in [4.69, 9.17) is 87.5 Å². The Morgan fingerprint density at radius 3 is 1.60 bits per heavy atom. The fourth-order valence-electron chi connectivity index (χ4n) is 8.68. The third kappa shape index (κ3) is 8.47. The van der Waals surface area contributed by atoms with Crippen LogP contribution in [0, 0.1) is 11.6 Å². The molecule has 15 heteroatoms. The fraction of sp³-hybridized carbons (Fsp3) is 0.234. The lowest BCUT2D eigenvalue weighted by Crippen LogP contribution is -2.56. The van der Waals surface area contributed by atoms with Gasteiger partial charge in [0.1, 0.15) is 47.2 Å². The standard InChI is InChI=1S/C47H38Cl5F2N3O5/c1-58-43-5-3-4-37(47(43)59-2)40-18-30(51)11-25-14-33(61-46(25)40)22-56(21-32-13-24-10-28(49)16-38(44(24)60-32)35-8-6-27(48)19-41(35)52)57(55)23-34-15-26-12-29(50)17-39(45(26)62-34)36-9-7-31(53)20-42(36)54/h3-12,16-20,32-34H,13-15,21-23,55H2,1-2H3. The van der Waals surface area contributed by atoms with E-state index >= 15 is 4.39 Å². The topological polar surface area (TPSA) is 78.7 Å². The first-order chi connectivity index (χ1) is 29.8. The Labute approximate surface area is 382 Å². The van der Waals surface area contributed by atoms with Crippen LogP contribution in [0.4, 0.5) is 8.78 Å². The van der Waals surface area contributed by atoms with Gasteiger partial charge in [-0.2, -0.15) is 5.12 Å². The lowest BCUT2D eigenvalue weighted by molar-refractivity contribution is -0.0798. The number of nitrogens with zero attached hydrogens (tertiary/aromatic N) is 2. The van der Waals surface area contributed by atoms with Gasteiger partial charge >= 0.3 is 0 Å². The Balaban J connectivity index is 1.01. The van der Waals surface area contributed by atoms with Crippen LogP contribution in [0.25, 0.3) is 33.4 Å². The Hall–Kier alpha value is -4.49. The largest absolute Gasteiger partial charge is 0.493 e. The third-order valence-electron chi connectivity index (χ3n) is 11.3. The summed E-state index contributed by atoms with van der Waals surface area (Å²) in [5, 5.41) is 6.10. The van der Waals surface area contributed by atoms with Gasteiger partial charge in [0.05, 0.1) is 38.9 Å². The maximum atomic E-state index is 15.1. The number of ether oxygens (including phenoxy) is 5. The summed E-state index contributed by atoms with van der Waals surface area (Å²) in [6.45, 7) is 0.927. The molecule has 0 fully saturated rings. The Kier molecular flexibility index (Phi) is 12.1. The number of halogens is 7. The van der Waals surface area contributed by atoms with Gasteiger partial charge in [-0.1, -0.05) is 76.2 Å². The number of fused-ring (bicyclic) bond motifs is 3. The van der Waals surface area contributed by atoms with Gasteiger partial charge in [0.2, 0.25) is 0 Å². The Morgan fingerprint density at radius 1 is 0.565 bits per heavy atom. The van der Waals surface area contributed by atoms with Gasteiger partial charge < -0.3 is 23.7 Å². The second kappa shape index (κ2) is 17.6. The van der Waals surface area contributed by atoms with Crippen LogP contribution in [0.15, 0.2) is 91.0 Å². The van der Waals surface area contributed by atoms with Crippen molar-refractivity contribution in [3.05, 3.63) is 144 Å². The first-order valence-corrected chi connectivity index (χ1v) is 21.6. The quantitative estimate of drug-likeness (QED) is 0.0960. The van der Waals surface area contributed by atoms with Crippen molar-refractivity contribution in [3.8, 4) is 62.1 Å². The Morgan fingerprint density at radius 2 is 1.08 bits per heavy atom. The van der Waals surface area contributed by atoms with Crippen LogP contribution < -0.4 is 29.5 Å². The second-order valence-corrected chi connectivity index (χ2v) is 17.6. The molecule has 3 heterocycles. The second-order valence-electron chi connectivity index (χ2n) is 15.4. The van der Waals surface area contributed by atoms with E-state index in [0.29, 0.717) is 91.8 Å². The number of hydrogen-bond donors (Lipinski definition) is 1. The van der Waals surface area contributed by atoms with Crippen molar-refractivity contribution < 1.29 is 32.5 Å². The highest BCUT2D eigenvalue weighted by molar-refractivity contribution is 6.37. The van der Waals surface area contributed by atoms with Gasteiger partial charge in [0.25, 0.3) is 0 Å². The summed E-state index contributed by atoms with van der Waals surface area (Å²) in [5.74, 6) is 8.61. The zero-order valence-electron chi connectivity index (χ0n) is 33.3. The van der Waals surface area contributed by atoms with E-state index in [0.717, 1.165) is 45.0 Å². The van der Waals surface area contributed by atoms with Crippen LogP contribution in [0.5, 0.6) is 28.7 Å². The summed E-state index contributed by atoms with van der Waals surface area (Å²) in [7, 11) is 3.18. The van der Waals surface area contributed by atoms with Crippen molar-refractivity contribution in [2.45, 2.75) is 37.6 Å². The fourth-order valence-corrected chi connectivity index (χ4v) is 9.92. The molecule has 6 aromatic rings. The SMILES string of the molecule is COc1cccc(-c2cc(Cl)cc3c2OC(CN(CC2Cc4cc(Cl)cc(-c5ccc(Cl)cc5Cl)c4O2)N(N)CC2Cc4cc(Cl)cc(-c5ccc(F)cc5F)c4O2)C3)c1OC. The van der Waals surface area contributed by atoms with Crippen LogP contribution in [0.3, 0.4) is 0 Å². The van der Waals surface area contributed by atoms with Gasteiger partial charge in [-0.15, -0.1) is 0 Å². The molecule has 0 radical (unpaired) electrons. The smallest absolute Gasteiger partial charge is 0.168 e. The summed E-state index contributed by atoms with van der Waals surface area (Å²) >= 11 is 32.9. The zero-order valence-corrected chi connectivity index (χ0v) is 37.1. The predicted molar refractivity (Wildman–Crippen MR) is 241 cm³/mol. The van der Waals surface area contributed by atoms with Crippen molar-refractivity contribution in [2.24, 2.45) is 5.84 Å². The van der Waals surface area contributed by atoms with Crippen molar-refractivity contribution in [1.82, 2.24) is 10.1 Å². The van der Waals surface area contributed by atoms with E-state index in [1.807, 2.05) is 53.5 Å². The number of nitrogens with two attached hydrogens (primary N) is 1. The molecule has 320 valence electrons. The van der Waals surface area contributed by atoms with Crippen molar-refractivity contribution >= 4 is 58.0 Å². The molecule has 0 aliphatic carbocycles. The summed E-state index contributed by atoms with van der Waals surface area (Å²) in [5.41, 5.74) is 6.29. The molecule has 6 aromatic carbocycles.